The van der Waals surface area contributed by atoms with Gasteiger partial charge in [-0.2, -0.15) is 0 Å². The van der Waals surface area contributed by atoms with Crippen molar-refractivity contribution in [1.82, 2.24) is 4.90 Å². The molecule has 1 aromatic carbocycles. The quantitative estimate of drug-likeness (QED) is 0.645. The number of hydrogen-bond acceptors (Lipinski definition) is 6. The number of carbonyl (C=O) groups is 2. The molecule has 180 valence electrons. The highest BCUT2D eigenvalue weighted by molar-refractivity contribution is 7.91. The number of benzene rings is 1. The van der Waals surface area contributed by atoms with Gasteiger partial charge in [0.25, 0.3) is 5.91 Å². The number of aromatic hydroxyl groups is 1. The van der Waals surface area contributed by atoms with Gasteiger partial charge in [0.05, 0.1) is 11.5 Å². The second kappa shape index (κ2) is 9.41. The van der Waals surface area contributed by atoms with Crippen molar-refractivity contribution < 1.29 is 27.9 Å². The van der Waals surface area contributed by atoms with Crippen LogP contribution in [0.5, 0.6) is 5.75 Å². The van der Waals surface area contributed by atoms with Crippen molar-refractivity contribution in [2.75, 3.05) is 25.2 Å². The fraction of sp³-hybridized carbons (Fsp3) is 0.667. The summed E-state index contributed by atoms with van der Waals surface area (Å²) in [5.41, 5.74) is 2.07. The average Bonchev–Trinajstić information content (AvgIpc) is 3.02. The number of hydrogen-bond donors (Lipinski definition) is 1. The van der Waals surface area contributed by atoms with Gasteiger partial charge in [0.1, 0.15) is 5.75 Å². The predicted molar refractivity (Wildman–Crippen MR) is 125 cm³/mol. The van der Waals surface area contributed by atoms with Gasteiger partial charge in [-0.15, -0.1) is 0 Å². The van der Waals surface area contributed by atoms with E-state index < -0.39 is 28.3 Å². The molecular formula is C24H37NO6S. The largest absolute Gasteiger partial charge is 0.507 e. The molecule has 0 saturated carbocycles. The van der Waals surface area contributed by atoms with E-state index in [0.717, 1.165) is 16.7 Å². The van der Waals surface area contributed by atoms with Crippen LogP contribution >= 0.6 is 0 Å². The zero-order chi connectivity index (χ0) is 24.5. The molecule has 1 saturated heterocycles. The Morgan fingerprint density at radius 2 is 1.62 bits per heavy atom. The van der Waals surface area contributed by atoms with Gasteiger partial charge in [0, 0.05) is 19.5 Å². The topological polar surface area (TPSA) is 101 Å². The number of ether oxygens (including phenoxy) is 1. The number of phenols is 1. The second-order valence-electron chi connectivity index (χ2n) is 10.8. The van der Waals surface area contributed by atoms with E-state index >= 15 is 0 Å². The highest BCUT2D eigenvalue weighted by atomic mass is 32.2. The van der Waals surface area contributed by atoms with Crippen LogP contribution in [0, 0.1) is 0 Å². The molecule has 1 N–H and O–H groups in total. The van der Waals surface area contributed by atoms with Gasteiger partial charge in [0.2, 0.25) is 0 Å². The van der Waals surface area contributed by atoms with Crippen LogP contribution in [0.4, 0.5) is 0 Å². The van der Waals surface area contributed by atoms with Crippen molar-refractivity contribution in [2.45, 2.75) is 77.7 Å². The molecule has 0 spiro atoms. The van der Waals surface area contributed by atoms with Crippen LogP contribution in [-0.2, 0) is 41.4 Å². The smallest absolute Gasteiger partial charge is 0.306 e. The number of carbonyl (C=O) groups excluding carboxylic acids is 2. The minimum absolute atomic E-state index is 0.0454. The molecule has 2 rings (SSSR count). The highest BCUT2D eigenvalue weighted by Crippen LogP contribution is 2.40. The third-order valence-corrected chi connectivity index (χ3v) is 7.66. The first-order chi connectivity index (χ1) is 14.5. The van der Waals surface area contributed by atoms with E-state index in [1.807, 2.05) is 53.7 Å². The normalized spacial score (nSPS) is 18.4. The fourth-order valence-corrected chi connectivity index (χ4v) is 5.60. The lowest BCUT2D eigenvalue weighted by atomic mass is 9.78. The molecule has 32 heavy (non-hydrogen) atoms. The summed E-state index contributed by atoms with van der Waals surface area (Å²) in [6, 6.07) is 3.49. The van der Waals surface area contributed by atoms with Gasteiger partial charge in [-0.05, 0) is 40.4 Å². The maximum atomic E-state index is 12.3. The molecule has 1 atom stereocenters. The summed E-state index contributed by atoms with van der Waals surface area (Å²) in [6.45, 7) is 11.8. The standard InChI is InChI=1S/C24H37NO6S/c1-23(2,3)18-12-16(13-19(22(18)28)24(4,5)6)8-9-21(27)31-14-20(26)25(7)17-10-11-32(29,30)15-17/h12-13,17,28H,8-11,14-15H2,1-7H3/t17-/m0/s1. The molecule has 1 aliphatic heterocycles. The van der Waals surface area contributed by atoms with Crippen LogP contribution < -0.4 is 0 Å². The number of rotatable bonds is 6. The van der Waals surface area contributed by atoms with E-state index in [2.05, 4.69) is 0 Å². The Hall–Kier alpha value is -2.09. The molecule has 1 aliphatic rings. The summed E-state index contributed by atoms with van der Waals surface area (Å²) in [7, 11) is -1.55. The molecule has 0 radical (unpaired) electrons. The van der Waals surface area contributed by atoms with E-state index in [1.54, 1.807) is 7.05 Å². The lowest BCUT2D eigenvalue weighted by Crippen LogP contribution is -2.40. The van der Waals surface area contributed by atoms with Crippen LogP contribution in [-0.4, -0.2) is 61.5 Å². The van der Waals surface area contributed by atoms with Crippen molar-refractivity contribution in [3.63, 3.8) is 0 Å². The molecule has 1 aromatic rings. The Bertz CT molecular complexity index is 934. The van der Waals surface area contributed by atoms with Crippen molar-refractivity contribution >= 4 is 21.7 Å². The lowest BCUT2D eigenvalue weighted by Gasteiger charge is -2.28. The minimum atomic E-state index is -3.10. The Morgan fingerprint density at radius 3 is 2.06 bits per heavy atom. The van der Waals surface area contributed by atoms with Crippen LogP contribution in [0.1, 0.15) is 71.1 Å². The Balaban J connectivity index is 2.00. The average molecular weight is 468 g/mol. The van der Waals surface area contributed by atoms with Crippen molar-refractivity contribution in [1.29, 1.82) is 0 Å². The van der Waals surface area contributed by atoms with Gasteiger partial charge in [-0.25, -0.2) is 8.42 Å². The first-order valence-corrected chi connectivity index (χ1v) is 12.8. The molecule has 7 nitrogen and oxygen atoms in total. The van der Waals surface area contributed by atoms with E-state index in [0.29, 0.717) is 18.6 Å². The number of esters is 1. The van der Waals surface area contributed by atoms with E-state index in [4.69, 9.17) is 4.74 Å². The molecule has 1 heterocycles. The molecule has 0 aromatic heterocycles. The molecule has 0 aliphatic carbocycles. The molecule has 1 amide bonds. The molecular weight excluding hydrogens is 430 g/mol. The zero-order valence-electron chi connectivity index (χ0n) is 20.3. The summed E-state index contributed by atoms with van der Waals surface area (Å²) >= 11 is 0. The fourth-order valence-electron chi connectivity index (χ4n) is 3.83. The van der Waals surface area contributed by atoms with Crippen LogP contribution in [0.15, 0.2) is 12.1 Å². The SMILES string of the molecule is CN(C(=O)COC(=O)CCc1cc(C(C)(C)C)c(O)c(C(C)(C)C)c1)[C@H]1CCS(=O)(=O)C1. The minimum Gasteiger partial charge on any atom is -0.507 e. The first kappa shape index (κ1) is 26.2. The van der Waals surface area contributed by atoms with E-state index in [-0.39, 0.29) is 34.8 Å². The van der Waals surface area contributed by atoms with Crippen LogP contribution in [0.25, 0.3) is 0 Å². The summed E-state index contributed by atoms with van der Waals surface area (Å²) in [6.07, 6.45) is 0.939. The number of aryl methyl sites for hydroxylation is 1. The van der Waals surface area contributed by atoms with E-state index in [9.17, 15) is 23.1 Å². The summed E-state index contributed by atoms with van der Waals surface area (Å²) < 4.78 is 28.4. The summed E-state index contributed by atoms with van der Waals surface area (Å²) in [4.78, 5) is 25.9. The maximum Gasteiger partial charge on any atom is 0.306 e. The van der Waals surface area contributed by atoms with Gasteiger partial charge >= 0.3 is 5.97 Å². The summed E-state index contributed by atoms with van der Waals surface area (Å²) in [5, 5.41) is 10.8. The van der Waals surface area contributed by atoms with E-state index in [1.165, 1.54) is 4.90 Å². The lowest BCUT2D eigenvalue weighted by molar-refractivity contribution is -0.152. The molecule has 0 unspecified atom stereocenters. The zero-order valence-corrected chi connectivity index (χ0v) is 21.1. The highest BCUT2D eigenvalue weighted by Gasteiger charge is 2.33. The summed E-state index contributed by atoms with van der Waals surface area (Å²) in [5.74, 6) is -0.576. The predicted octanol–water partition coefficient (Wildman–Crippen LogP) is 3.11. The van der Waals surface area contributed by atoms with Crippen LogP contribution in [0.3, 0.4) is 0 Å². The Morgan fingerprint density at radius 1 is 1.09 bits per heavy atom. The number of amides is 1. The van der Waals surface area contributed by atoms with Crippen molar-refractivity contribution in [3.8, 4) is 5.75 Å². The number of nitrogens with zero attached hydrogens (tertiary/aromatic N) is 1. The van der Waals surface area contributed by atoms with Crippen molar-refractivity contribution in [2.24, 2.45) is 0 Å². The number of sulfone groups is 1. The third-order valence-electron chi connectivity index (χ3n) is 5.91. The Labute approximate surface area is 192 Å². The first-order valence-electron chi connectivity index (χ1n) is 11.0. The monoisotopic (exact) mass is 467 g/mol. The third kappa shape index (κ3) is 6.70. The maximum absolute atomic E-state index is 12.3. The number of phenolic OH excluding ortho intramolecular Hbond substituents is 1. The second-order valence-corrected chi connectivity index (χ2v) is 13.0. The van der Waals surface area contributed by atoms with Crippen LogP contribution in [0.2, 0.25) is 0 Å². The molecule has 0 bridgehead atoms. The molecule has 1 fully saturated rings. The van der Waals surface area contributed by atoms with Gasteiger partial charge < -0.3 is 14.7 Å². The Kier molecular flexibility index (Phi) is 7.70. The van der Waals surface area contributed by atoms with Gasteiger partial charge in [-0.1, -0.05) is 53.7 Å². The van der Waals surface area contributed by atoms with Gasteiger partial charge in [-0.3, -0.25) is 9.59 Å². The van der Waals surface area contributed by atoms with Crippen molar-refractivity contribution in [3.05, 3.63) is 28.8 Å². The molecule has 8 heteroatoms. The number of likely N-dealkylation sites (N-methyl/N-ethyl adjacent to an activating group) is 1. The van der Waals surface area contributed by atoms with Gasteiger partial charge in [0.15, 0.2) is 16.4 Å².